The van der Waals surface area contributed by atoms with Crippen LogP contribution in [0.15, 0.2) is 24.3 Å². The van der Waals surface area contributed by atoms with Crippen LogP contribution in [0.25, 0.3) is 11.0 Å². The normalized spacial score (nSPS) is 20.2. The van der Waals surface area contributed by atoms with Crippen molar-refractivity contribution in [3.05, 3.63) is 30.1 Å². The first-order chi connectivity index (χ1) is 41.0. The fourth-order valence-corrected chi connectivity index (χ4v) is 11.7. The molecule has 1 aromatic carbocycles. The zero-order chi connectivity index (χ0) is 66.7. The number of imidazole rings is 1. The molecule has 0 spiro atoms. The maximum absolute atomic E-state index is 15.4. The number of fused-ring (bicyclic) bond motifs is 2. The molecule has 0 aliphatic carbocycles. The lowest BCUT2D eigenvalue weighted by molar-refractivity contribution is -0.156. The average Bonchev–Trinajstić information content (AvgIpc) is 1.90. The van der Waals surface area contributed by atoms with E-state index in [1.54, 1.807) is 34.7 Å². The van der Waals surface area contributed by atoms with E-state index in [1.807, 2.05) is 79.7 Å². The van der Waals surface area contributed by atoms with Gasteiger partial charge in [0.1, 0.15) is 66.3 Å². The molecule has 25 nitrogen and oxygen atoms in total. The number of nitrogens with one attached hydrogen (secondary N) is 5. The maximum Gasteiger partial charge on any atom is 0.321 e. The van der Waals surface area contributed by atoms with Gasteiger partial charge in [-0.3, -0.25) is 53.3 Å². The van der Waals surface area contributed by atoms with E-state index in [0.29, 0.717) is 24.2 Å². The Balaban J connectivity index is 1.67. The lowest BCUT2D eigenvalue weighted by atomic mass is 9.96. The minimum atomic E-state index is -1.27. The molecule has 0 radical (unpaired) electrons. The van der Waals surface area contributed by atoms with Crippen molar-refractivity contribution in [3.63, 3.8) is 0 Å². The number of aromatic nitrogens is 2. The highest BCUT2D eigenvalue weighted by atomic mass is 16.5. The van der Waals surface area contributed by atoms with E-state index in [9.17, 15) is 43.2 Å². The number of carbonyl (C=O) groups excluding carboxylic acids is 11. The number of urea groups is 1. The number of likely N-dealkylation sites (N-methyl/N-ethyl adjacent to an activating group) is 6. The Morgan fingerprint density at radius 2 is 1.22 bits per heavy atom. The van der Waals surface area contributed by atoms with Crippen molar-refractivity contribution in [3.8, 4) is 0 Å². The van der Waals surface area contributed by atoms with E-state index in [2.05, 4.69) is 26.3 Å². The molecule has 0 bridgehead atoms. The zero-order valence-corrected chi connectivity index (χ0v) is 56.1. The number of para-hydroxylation sites is 2. The summed E-state index contributed by atoms with van der Waals surface area (Å²) in [6.45, 7) is 25.2. The summed E-state index contributed by atoms with van der Waals surface area (Å²) in [6, 6.07) is -4.65. The predicted octanol–water partition coefficient (Wildman–Crippen LogP) is 3.54. The third kappa shape index (κ3) is 17.6. The number of rotatable bonds is 28. The van der Waals surface area contributed by atoms with Gasteiger partial charge in [0.2, 0.25) is 59.1 Å². The summed E-state index contributed by atoms with van der Waals surface area (Å²) < 4.78 is 6.90. The SMILES string of the molecule is CC[C@@H](C(=O)N(C)[C@H](C)C(=O)N(C)[C@@H](CC(C)C)C(=O)N[C@H](C(=O)N(C)[C@@H](CC(C)C)C(=O)N[C@H](C)C(=O)NC(=O)NC)C(C)C)N1C(=O)[C@@H]2[C@H](OC(C)[C@H](N(C)C(=O)C(CC(C)C)N(C)C(=O)CCC(C)C)C(=O)N2C)[C@H]1Cc1nc2ccccc2[nH]1. The molecule has 1 aromatic heterocycles. The summed E-state index contributed by atoms with van der Waals surface area (Å²) in [7, 11) is 10.3. The Bertz CT molecular complexity index is 2790. The number of H-pyrrole nitrogens is 1. The highest BCUT2D eigenvalue weighted by Gasteiger charge is 2.59. The molecule has 2 saturated heterocycles. The van der Waals surface area contributed by atoms with E-state index in [4.69, 9.17) is 9.72 Å². The maximum atomic E-state index is 15.4. The minimum Gasteiger partial charge on any atom is -0.368 e. The van der Waals surface area contributed by atoms with Crippen LogP contribution in [0.2, 0.25) is 0 Å². The Morgan fingerprint density at radius 3 is 1.74 bits per heavy atom. The fourth-order valence-electron chi connectivity index (χ4n) is 11.7. The third-order valence-electron chi connectivity index (χ3n) is 17.1. The van der Waals surface area contributed by atoms with Gasteiger partial charge in [0.15, 0.2) is 0 Å². The largest absolute Gasteiger partial charge is 0.368 e. The molecule has 2 aliphatic rings. The fraction of sp³-hybridized carbons (Fsp3) is 0.714. The van der Waals surface area contributed by atoms with Crippen LogP contribution >= 0.6 is 0 Å². The van der Waals surface area contributed by atoms with Gasteiger partial charge >= 0.3 is 6.03 Å². The van der Waals surface area contributed by atoms with Crippen LogP contribution in [0.4, 0.5) is 4.79 Å². The van der Waals surface area contributed by atoms with Gasteiger partial charge in [0, 0.05) is 62.2 Å². The second kappa shape index (κ2) is 31.8. The van der Waals surface area contributed by atoms with E-state index < -0.39 is 138 Å². The number of hydrogen-bond acceptors (Lipinski definition) is 13. The standard InChI is InChI=1S/C63H103N13O12/c1-22-43(58(82)70(16)39(13)57(81)72(18)46(30-35(6)7)56(80)68-50(37(10)11)60(84)73(19)45(29-34(4)5)55(79)65-38(12)54(78)69-63(87)64-15)76-44(32-48-66-41-25-23-24-26-42(41)67-48)53-52(62(76)86)75(21)61(85)51(40(14)88-53)74(20)59(83)47(31-36(8)9)71(17)49(77)28-27-33(2)3/h23-26,33-40,43-47,50-53H,22,27-32H2,1-21H3,(H,65,79)(H,66,67)(H,68,80)(H2,64,69,78,87)/t38-,39-,40?,43+,44-,45+,46+,47?,50+,51+,52+,53-/m1/s1. The summed E-state index contributed by atoms with van der Waals surface area (Å²) >= 11 is 0. The summed E-state index contributed by atoms with van der Waals surface area (Å²) in [5, 5.41) is 9.87. The Kier molecular flexibility index (Phi) is 26.5. The number of hydrogen-bond donors (Lipinski definition) is 5. The van der Waals surface area contributed by atoms with Crippen LogP contribution in [-0.2, 0) is 59.1 Å². The highest BCUT2D eigenvalue weighted by molar-refractivity contribution is 6.01. The summed E-state index contributed by atoms with van der Waals surface area (Å²) in [5.41, 5.74) is 1.39. The molecule has 88 heavy (non-hydrogen) atoms. The quantitative estimate of drug-likeness (QED) is 0.0816. The van der Waals surface area contributed by atoms with Crippen LogP contribution in [0, 0.1) is 29.6 Å². The molecular formula is C63H103N13O12. The lowest BCUT2D eigenvalue weighted by Crippen LogP contribution is -2.61. The first kappa shape index (κ1) is 73.3. The van der Waals surface area contributed by atoms with E-state index in [-0.39, 0.29) is 61.7 Å². The van der Waals surface area contributed by atoms with Crippen molar-refractivity contribution in [1.29, 1.82) is 0 Å². The molecule has 4 rings (SSSR count). The van der Waals surface area contributed by atoms with Crippen molar-refractivity contribution in [2.45, 2.75) is 215 Å². The Morgan fingerprint density at radius 1 is 0.670 bits per heavy atom. The van der Waals surface area contributed by atoms with Crippen LogP contribution in [0.1, 0.15) is 141 Å². The van der Waals surface area contributed by atoms with Gasteiger partial charge < -0.3 is 60.0 Å². The lowest BCUT2D eigenvalue weighted by Gasteiger charge is -2.39. The van der Waals surface area contributed by atoms with Crippen LogP contribution < -0.4 is 21.3 Å². The van der Waals surface area contributed by atoms with E-state index >= 15 is 9.59 Å². The third-order valence-corrected chi connectivity index (χ3v) is 17.1. The summed E-state index contributed by atoms with van der Waals surface area (Å²) in [4.78, 5) is 174. The highest BCUT2D eigenvalue weighted by Crippen LogP contribution is 2.37. The van der Waals surface area contributed by atoms with Gasteiger partial charge in [-0.05, 0) is 94.6 Å². The van der Waals surface area contributed by atoms with Gasteiger partial charge in [-0.1, -0.05) is 88.3 Å². The molecule has 0 saturated carbocycles. The van der Waals surface area contributed by atoms with Gasteiger partial charge in [-0.15, -0.1) is 0 Å². The second-order valence-electron chi connectivity index (χ2n) is 26.2. The molecule has 2 aliphatic heterocycles. The molecular weight excluding hydrogens is 1130 g/mol. The number of carbonyl (C=O) groups is 11. The molecule has 3 heterocycles. The molecule has 492 valence electrons. The van der Waals surface area contributed by atoms with E-state index in [0.717, 1.165) is 5.52 Å². The number of likely N-dealkylation sites (tertiary alicyclic amines) is 1. The molecule has 12 atom stereocenters. The van der Waals surface area contributed by atoms with Crippen LogP contribution in [0.3, 0.4) is 0 Å². The number of imide groups is 1. The second-order valence-corrected chi connectivity index (χ2v) is 26.2. The predicted molar refractivity (Wildman–Crippen MR) is 333 cm³/mol. The summed E-state index contributed by atoms with van der Waals surface area (Å²) in [5.74, 6) is -5.70. The summed E-state index contributed by atoms with van der Waals surface area (Å²) in [6.07, 6.45) is -0.367. The minimum absolute atomic E-state index is 0.0155. The van der Waals surface area contributed by atoms with Gasteiger partial charge in [0.25, 0.3) is 0 Å². The van der Waals surface area contributed by atoms with Gasteiger partial charge in [-0.25, -0.2) is 9.78 Å². The molecule has 2 unspecified atom stereocenters. The van der Waals surface area contributed by atoms with Crippen molar-refractivity contribution in [2.75, 3.05) is 49.3 Å². The molecule has 12 amide bonds. The first-order valence-electron chi connectivity index (χ1n) is 31.2. The van der Waals surface area contributed by atoms with E-state index in [1.165, 1.54) is 90.4 Å². The number of nitrogens with zero attached hydrogens (tertiary/aromatic N) is 8. The Labute approximate surface area is 520 Å². The molecule has 5 N–H and O–H groups in total. The molecule has 2 fully saturated rings. The Hall–Kier alpha value is -7.18. The zero-order valence-electron chi connectivity index (χ0n) is 56.1. The van der Waals surface area contributed by atoms with Gasteiger partial charge in [0.05, 0.1) is 23.2 Å². The smallest absolute Gasteiger partial charge is 0.321 e. The van der Waals surface area contributed by atoms with Crippen molar-refractivity contribution in [2.24, 2.45) is 29.6 Å². The first-order valence-corrected chi connectivity index (χ1v) is 31.2. The average molecular weight is 1230 g/mol. The number of ether oxygens (including phenoxy) is 1. The van der Waals surface area contributed by atoms with Gasteiger partial charge in [-0.2, -0.15) is 0 Å². The number of aromatic amines is 1. The number of amides is 12. The molecule has 2 aromatic rings. The van der Waals surface area contributed by atoms with Crippen molar-refractivity contribution < 1.29 is 57.5 Å². The topological polar surface area (TPSA) is 296 Å². The van der Waals surface area contributed by atoms with Crippen LogP contribution in [-0.4, -0.2) is 231 Å². The van der Waals surface area contributed by atoms with Crippen LogP contribution in [0.5, 0.6) is 0 Å². The molecule has 25 heteroatoms. The van der Waals surface area contributed by atoms with Crippen molar-refractivity contribution >= 4 is 76.1 Å². The monoisotopic (exact) mass is 1230 g/mol. The van der Waals surface area contributed by atoms with Crippen molar-refractivity contribution in [1.82, 2.24) is 65.5 Å². The number of benzene rings is 1.